The Morgan fingerprint density at radius 1 is 1.24 bits per heavy atom. The third-order valence-corrected chi connectivity index (χ3v) is 3.44. The average molecular weight is 305 g/mol. The second-order valence-electron chi connectivity index (χ2n) is 3.09. The van der Waals surface area contributed by atoms with Crippen molar-refractivity contribution in [2.45, 2.75) is 0 Å². The van der Waals surface area contributed by atoms with Crippen LogP contribution in [0, 0.1) is 22.7 Å². The van der Waals surface area contributed by atoms with Crippen molar-refractivity contribution in [2.75, 3.05) is 0 Å². The minimum Gasteiger partial charge on any atom is -0.449 e. The van der Waals surface area contributed by atoms with Crippen molar-refractivity contribution in [3.05, 3.63) is 39.4 Å². The molecule has 0 amide bonds. The van der Waals surface area contributed by atoms with Crippen LogP contribution in [0.25, 0.3) is 16.7 Å². The van der Waals surface area contributed by atoms with E-state index in [0.29, 0.717) is 4.67 Å². The fourth-order valence-corrected chi connectivity index (χ4v) is 2.46. The molecule has 2 aromatic rings. The average Bonchev–Trinajstić information content (AvgIpc) is 2.94. The van der Waals surface area contributed by atoms with Gasteiger partial charge in [-0.3, -0.25) is 0 Å². The number of thiophene rings is 1. The number of hydrogen-bond donors (Lipinski definition) is 0. The summed E-state index contributed by atoms with van der Waals surface area (Å²) < 4.78 is 6.09. The Bertz CT molecular complexity index is 639. The van der Waals surface area contributed by atoms with Gasteiger partial charge >= 0.3 is 0 Å². The van der Waals surface area contributed by atoms with Gasteiger partial charge in [-0.2, -0.15) is 10.5 Å². The smallest absolute Gasteiger partial charge is 0.169 e. The van der Waals surface area contributed by atoms with Crippen LogP contribution < -0.4 is 0 Å². The van der Waals surface area contributed by atoms with Crippen LogP contribution in [-0.4, -0.2) is 0 Å². The van der Waals surface area contributed by atoms with E-state index in [9.17, 15) is 0 Å². The zero-order valence-electron chi connectivity index (χ0n) is 8.48. The first-order chi connectivity index (χ1) is 8.22. The molecule has 0 saturated heterocycles. The van der Waals surface area contributed by atoms with Gasteiger partial charge in [0.15, 0.2) is 4.67 Å². The molecule has 82 valence electrons. The molecule has 0 fully saturated rings. The number of allylic oxidation sites excluding steroid dienone is 1. The quantitative estimate of drug-likeness (QED) is 0.781. The third kappa shape index (κ3) is 2.65. The highest BCUT2D eigenvalue weighted by atomic mass is 79.9. The highest BCUT2D eigenvalue weighted by Crippen LogP contribution is 2.31. The first-order valence-electron chi connectivity index (χ1n) is 4.60. The van der Waals surface area contributed by atoms with Gasteiger partial charge in [0.05, 0.1) is 4.88 Å². The van der Waals surface area contributed by atoms with Crippen LogP contribution in [-0.2, 0) is 0 Å². The lowest BCUT2D eigenvalue weighted by molar-refractivity contribution is 0.557. The summed E-state index contributed by atoms with van der Waals surface area (Å²) in [4.78, 5) is 1.81. The maximum absolute atomic E-state index is 8.65. The van der Waals surface area contributed by atoms with E-state index in [1.807, 2.05) is 36.4 Å². The van der Waals surface area contributed by atoms with Crippen LogP contribution in [0.2, 0.25) is 0 Å². The molecule has 0 N–H and O–H groups in total. The van der Waals surface area contributed by atoms with E-state index in [1.165, 1.54) is 11.3 Å². The fourth-order valence-electron chi connectivity index (χ4n) is 1.24. The normalized spacial score (nSPS) is 9.35. The second-order valence-corrected chi connectivity index (χ2v) is 4.98. The zero-order chi connectivity index (χ0) is 12.3. The highest BCUT2D eigenvalue weighted by Gasteiger charge is 2.06. The first-order valence-corrected chi connectivity index (χ1v) is 6.21. The Labute approximate surface area is 110 Å². The van der Waals surface area contributed by atoms with Gasteiger partial charge in [-0.15, -0.1) is 11.3 Å². The van der Waals surface area contributed by atoms with Gasteiger partial charge in [0.25, 0.3) is 0 Å². The predicted octanol–water partition coefficient (Wildman–Crippen LogP) is 4.20. The molecule has 2 aromatic heterocycles. The summed E-state index contributed by atoms with van der Waals surface area (Å²) in [5.74, 6) is 0.761. The van der Waals surface area contributed by atoms with Gasteiger partial charge in [-0.05, 0) is 46.3 Å². The number of nitriles is 2. The molecule has 0 unspecified atom stereocenters. The second kappa shape index (κ2) is 5.01. The number of hydrogen-bond acceptors (Lipinski definition) is 4. The molecular weight excluding hydrogens is 300 g/mol. The lowest BCUT2D eigenvalue weighted by Crippen LogP contribution is -1.68. The molecule has 2 heterocycles. The predicted molar refractivity (Wildman–Crippen MR) is 68.9 cm³/mol. The molecule has 17 heavy (non-hydrogen) atoms. The van der Waals surface area contributed by atoms with Crippen molar-refractivity contribution in [2.24, 2.45) is 0 Å². The molecule has 5 heteroatoms. The van der Waals surface area contributed by atoms with E-state index in [-0.39, 0.29) is 5.57 Å². The van der Waals surface area contributed by atoms with Gasteiger partial charge in [0.2, 0.25) is 0 Å². The molecule has 2 rings (SSSR count). The summed E-state index contributed by atoms with van der Waals surface area (Å²) in [6, 6.07) is 11.1. The lowest BCUT2D eigenvalue weighted by atomic mass is 10.3. The van der Waals surface area contributed by atoms with Crippen LogP contribution in [0.5, 0.6) is 0 Å². The first kappa shape index (κ1) is 11.7. The molecule has 0 saturated carbocycles. The van der Waals surface area contributed by atoms with Crippen molar-refractivity contribution < 1.29 is 4.42 Å². The summed E-state index contributed by atoms with van der Waals surface area (Å²) in [5.41, 5.74) is 0.0963. The molecule has 0 spiro atoms. The van der Waals surface area contributed by atoms with Crippen LogP contribution in [0.15, 0.2) is 38.9 Å². The Morgan fingerprint density at radius 2 is 2.00 bits per heavy atom. The van der Waals surface area contributed by atoms with E-state index >= 15 is 0 Å². The Morgan fingerprint density at radius 3 is 2.59 bits per heavy atom. The van der Waals surface area contributed by atoms with Crippen molar-refractivity contribution in [1.29, 1.82) is 10.5 Å². The zero-order valence-corrected chi connectivity index (χ0v) is 10.9. The van der Waals surface area contributed by atoms with Crippen LogP contribution in [0.4, 0.5) is 0 Å². The Kier molecular flexibility index (Phi) is 3.43. The van der Waals surface area contributed by atoms with Crippen LogP contribution in [0.3, 0.4) is 0 Å². The van der Waals surface area contributed by atoms with E-state index in [4.69, 9.17) is 14.9 Å². The van der Waals surface area contributed by atoms with E-state index < -0.39 is 0 Å². The maximum atomic E-state index is 8.65. The molecule has 0 aliphatic rings. The van der Waals surface area contributed by atoms with Crippen molar-refractivity contribution in [1.82, 2.24) is 0 Å². The number of furan rings is 1. The summed E-state index contributed by atoms with van der Waals surface area (Å²) in [5, 5.41) is 17.3. The molecule has 0 aromatic carbocycles. The van der Waals surface area contributed by atoms with Crippen molar-refractivity contribution in [3.8, 4) is 22.8 Å². The van der Waals surface area contributed by atoms with E-state index in [0.717, 1.165) is 15.5 Å². The van der Waals surface area contributed by atoms with Gasteiger partial charge in [-0.1, -0.05) is 0 Å². The highest BCUT2D eigenvalue weighted by molar-refractivity contribution is 9.10. The molecular formula is C12H5BrN2OS. The number of halogens is 1. The van der Waals surface area contributed by atoms with Gasteiger partial charge in [0, 0.05) is 4.88 Å². The molecule has 0 atom stereocenters. The molecule has 3 nitrogen and oxygen atoms in total. The minimum absolute atomic E-state index is 0.0963. The van der Waals surface area contributed by atoms with Crippen LogP contribution in [0.1, 0.15) is 4.88 Å². The summed E-state index contributed by atoms with van der Waals surface area (Å²) in [6.45, 7) is 0. The van der Waals surface area contributed by atoms with Gasteiger partial charge < -0.3 is 4.42 Å². The van der Waals surface area contributed by atoms with E-state index in [1.54, 1.807) is 6.08 Å². The van der Waals surface area contributed by atoms with Crippen molar-refractivity contribution >= 4 is 33.3 Å². The van der Waals surface area contributed by atoms with Crippen molar-refractivity contribution in [3.63, 3.8) is 0 Å². The maximum Gasteiger partial charge on any atom is 0.169 e. The summed E-state index contributed by atoms with van der Waals surface area (Å²) in [7, 11) is 0. The van der Waals surface area contributed by atoms with Crippen LogP contribution >= 0.6 is 27.3 Å². The third-order valence-electron chi connectivity index (χ3n) is 1.97. The molecule has 0 aliphatic heterocycles. The fraction of sp³-hybridized carbons (Fsp3) is 0. The minimum atomic E-state index is 0.0963. The number of nitrogens with zero attached hydrogens (tertiary/aromatic N) is 2. The Hall–Kier alpha value is -1.82. The molecule has 0 radical (unpaired) electrons. The topological polar surface area (TPSA) is 60.7 Å². The monoisotopic (exact) mass is 304 g/mol. The van der Waals surface area contributed by atoms with Gasteiger partial charge in [0.1, 0.15) is 23.5 Å². The Balaban J connectivity index is 2.32. The SMILES string of the molecule is N#CC(C#N)=Cc1ccc(-c2ccc(Br)o2)s1. The molecule has 0 bridgehead atoms. The standard InChI is InChI=1S/C12H5BrN2OS/c13-12-4-2-10(16-12)11-3-1-9(17-11)5-8(6-14)7-15/h1-5H. The molecule has 0 aliphatic carbocycles. The summed E-state index contributed by atoms with van der Waals surface area (Å²) in [6.07, 6.45) is 1.56. The van der Waals surface area contributed by atoms with E-state index in [2.05, 4.69) is 15.9 Å². The number of rotatable bonds is 2. The lowest BCUT2D eigenvalue weighted by Gasteiger charge is -1.88. The summed E-state index contributed by atoms with van der Waals surface area (Å²) >= 11 is 4.70. The largest absolute Gasteiger partial charge is 0.449 e. The van der Waals surface area contributed by atoms with Gasteiger partial charge in [-0.25, -0.2) is 0 Å².